The molecule has 1 N–H and O–H groups in total. The monoisotopic (exact) mass is 227 g/mol. The Labute approximate surface area is 96.6 Å². The summed E-state index contributed by atoms with van der Waals surface area (Å²) in [5, 5.41) is 8.97. The van der Waals surface area contributed by atoms with Crippen LogP contribution < -0.4 is 0 Å². The zero-order valence-electron chi connectivity index (χ0n) is 10.3. The summed E-state index contributed by atoms with van der Waals surface area (Å²) in [4.78, 5) is 13.4. The van der Waals surface area contributed by atoms with E-state index in [-0.39, 0.29) is 6.09 Å². The summed E-state index contributed by atoms with van der Waals surface area (Å²) in [5.41, 5.74) is -0.407. The van der Waals surface area contributed by atoms with Crippen LogP contribution in [0.5, 0.6) is 0 Å². The van der Waals surface area contributed by atoms with Crippen molar-refractivity contribution in [3.05, 3.63) is 0 Å². The van der Waals surface area contributed by atoms with Crippen LogP contribution in [0.1, 0.15) is 27.2 Å². The molecule has 0 bridgehead atoms. The lowest BCUT2D eigenvalue weighted by molar-refractivity contribution is -0.00541. The van der Waals surface area contributed by atoms with Gasteiger partial charge in [-0.05, 0) is 44.9 Å². The summed E-state index contributed by atoms with van der Waals surface area (Å²) in [6, 6.07) is 0. The van der Waals surface area contributed by atoms with E-state index in [4.69, 9.17) is 9.84 Å². The third-order valence-corrected chi connectivity index (χ3v) is 3.38. The highest BCUT2D eigenvalue weighted by atomic mass is 16.6. The molecule has 0 aromatic heterocycles. The van der Waals surface area contributed by atoms with Gasteiger partial charge in [0.25, 0.3) is 0 Å². The Morgan fingerprint density at radius 3 is 2.50 bits per heavy atom. The third kappa shape index (κ3) is 2.48. The van der Waals surface area contributed by atoms with Gasteiger partial charge in [0.15, 0.2) is 0 Å². The fourth-order valence-corrected chi connectivity index (χ4v) is 2.32. The molecule has 4 heteroatoms. The first-order valence-electron chi connectivity index (χ1n) is 5.99. The van der Waals surface area contributed by atoms with Crippen LogP contribution in [0, 0.1) is 17.8 Å². The number of carbonyl (C=O) groups is 1. The molecule has 0 radical (unpaired) electrons. The topological polar surface area (TPSA) is 49.8 Å². The highest BCUT2D eigenvalue weighted by Gasteiger charge is 2.48. The quantitative estimate of drug-likeness (QED) is 0.777. The molecule has 2 aliphatic rings. The molecule has 16 heavy (non-hydrogen) atoms. The molecular formula is C12H21NO3. The van der Waals surface area contributed by atoms with Crippen molar-refractivity contribution in [2.75, 3.05) is 19.7 Å². The molecule has 2 atom stereocenters. The smallest absolute Gasteiger partial charge is 0.410 e. The summed E-state index contributed by atoms with van der Waals surface area (Å²) in [6.45, 7) is 7.54. The lowest BCUT2D eigenvalue weighted by atomic mass is 9.94. The molecular weight excluding hydrogens is 206 g/mol. The SMILES string of the molecule is CC(C)(C)OC(=O)N1CC([C@@H]2C[C@H]2CO)C1. The number of carbonyl (C=O) groups excluding carboxylic acids is 1. The van der Waals surface area contributed by atoms with Crippen LogP contribution in [0.25, 0.3) is 0 Å². The number of aliphatic hydroxyl groups is 1. The number of likely N-dealkylation sites (tertiary alicyclic amines) is 1. The zero-order valence-corrected chi connectivity index (χ0v) is 10.3. The number of hydrogen-bond donors (Lipinski definition) is 1. The van der Waals surface area contributed by atoms with Gasteiger partial charge in [0, 0.05) is 19.7 Å². The fourth-order valence-electron chi connectivity index (χ4n) is 2.32. The zero-order chi connectivity index (χ0) is 11.9. The Hall–Kier alpha value is -0.770. The minimum atomic E-state index is -0.407. The van der Waals surface area contributed by atoms with Crippen molar-refractivity contribution in [1.29, 1.82) is 0 Å². The van der Waals surface area contributed by atoms with Gasteiger partial charge >= 0.3 is 6.09 Å². The first-order valence-corrected chi connectivity index (χ1v) is 5.99. The van der Waals surface area contributed by atoms with Crippen molar-refractivity contribution in [2.24, 2.45) is 17.8 Å². The van der Waals surface area contributed by atoms with Crippen LogP contribution in [0.15, 0.2) is 0 Å². The predicted octanol–water partition coefficient (Wildman–Crippen LogP) is 1.48. The number of rotatable bonds is 2. The van der Waals surface area contributed by atoms with Gasteiger partial charge in [0.05, 0.1) is 0 Å². The second-order valence-corrected chi connectivity index (χ2v) is 5.99. The van der Waals surface area contributed by atoms with E-state index >= 15 is 0 Å². The molecule has 0 aromatic carbocycles. The van der Waals surface area contributed by atoms with Crippen molar-refractivity contribution in [2.45, 2.75) is 32.8 Å². The Morgan fingerprint density at radius 1 is 1.44 bits per heavy atom. The number of nitrogens with zero attached hydrogens (tertiary/aromatic N) is 1. The molecule has 4 nitrogen and oxygen atoms in total. The van der Waals surface area contributed by atoms with Gasteiger partial charge in [-0.25, -0.2) is 4.79 Å². The standard InChI is InChI=1S/C12H21NO3/c1-12(2,3)16-11(15)13-5-9(6-13)10-4-8(10)7-14/h8-10,14H,4-7H2,1-3H3/t8-,10+/m0/s1. The summed E-state index contributed by atoms with van der Waals surface area (Å²) in [7, 11) is 0. The van der Waals surface area contributed by atoms with Crippen molar-refractivity contribution in [1.82, 2.24) is 4.90 Å². The second-order valence-electron chi connectivity index (χ2n) is 5.99. The number of hydrogen-bond acceptors (Lipinski definition) is 3. The Balaban J connectivity index is 1.70. The maximum absolute atomic E-state index is 11.6. The van der Waals surface area contributed by atoms with Gasteiger partial charge in [-0.3, -0.25) is 0 Å². The first-order chi connectivity index (χ1) is 7.40. The van der Waals surface area contributed by atoms with Gasteiger partial charge in [0.1, 0.15) is 5.60 Å². The molecule has 92 valence electrons. The average molecular weight is 227 g/mol. The summed E-state index contributed by atoms with van der Waals surface area (Å²) < 4.78 is 5.28. The summed E-state index contributed by atoms with van der Waals surface area (Å²) in [6.07, 6.45) is 0.925. The van der Waals surface area contributed by atoms with E-state index in [0.717, 1.165) is 19.5 Å². The molecule has 1 saturated heterocycles. The molecule has 2 fully saturated rings. The minimum Gasteiger partial charge on any atom is -0.444 e. The normalized spacial score (nSPS) is 29.9. The van der Waals surface area contributed by atoms with E-state index in [0.29, 0.717) is 24.4 Å². The van der Waals surface area contributed by atoms with Crippen molar-refractivity contribution < 1.29 is 14.6 Å². The lowest BCUT2D eigenvalue weighted by Crippen LogP contribution is -2.52. The Bertz CT molecular complexity index is 278. The van der Waals surface area contributed by atoms with Crippen LogP contribution >= 0.6 is 0 Å². The summed E-state index contributed by atoms with van der Waals surface area (Å²) >= 11 is 0. The number of aliphatic hydroxyl groups excluding tert-OH is 1. The van der Waals surface area contributed by atoms with E-state index in [2.05, 4.69) is 0 Å². The highest BCUT2D eigenvalue weighted by molar-refractivity contribution is 5.69. The van der Waals surface area contributed by atoms with Gasteiger partial charge in [-0.15, -0.1) is 0 Å². The maximum Gasteiger partial charge on any atom is 0.410 e. The van der Waals surface area contributed by atoms with Gasteiger partial charge < -0.3 is 14.7 Å². The molecule has 0 unspecified atom stereocenters. The molecule has 1 amide bonds. The Morgan fingerprint density at radius 2 is 2.06 bits per heavy atom. The molecule has 1 heterocycles. The first kappa shape index (κ1) is 11.7. The van der Waals surface area contributed by atoms with E-state index in [1.165, 1.54) is 0 Å². The van der Waals surface area contributed by atoms with Crippen LogP contribution in [0.3, 0.4) is 0 Å². The molecule has 0 aromatic rings. The van der Waals surface area contributed by atoms with Crippen LogP contribution in [0.2, 0.25) is 0 Å². The molecule has 0 spiro atoms. The van der Waals surface area contributed by atoms with E-state index < -0.39 is 5.60 Å². The Kier molecular flexibility index (Phi) is 2.86. The minimum absolute atomic E-state index is 0.204. The van der Waals surface area contributed by atoms with Crippen LogP contribution in [0.4, 0.5) is 4.79 Å². The molecule has 1 aliphatic heterocycles. The van der Waals surface area contributed by atoms with Gasteiger partial charge in [-0.2, -0.15) is 0 Å². The average Bonchev–Trinajstić information content (AvgIpc) is 2.77. The molecule has 2 rings (SSSR count). The second kappa shape index (κ2) is 3.91. The predicted molar refractivity (Wildman–Crippen MR) is 60.0 cm³/mol. The van der Waals surface area contributed by atoms with Crippen LogP contribution in [-0.4, -0.2) is 41.4 Å². The van der Waals surface area contributed by atoms with Gasteiger partial charge in [-0.1, -0.05) is 0 Å². The van der Waals surface area contributed by atoms with E-state index in [9.17, 15) is 4.79 Å². The number of amides is 1. The van der Waals surface area contributed by atoms with Crippen LogP contribution in [-0.2, 0) is 4.74 Å². The van der Waals surface area contributed by atoms with E-state index in [1.807, 2.05) is 20.8 Å². The molecule has 1 aliphatic carbocycles. The highest BCUT2D eigenvalue weighted by Crippen LogP contribution is 2.47. The summed E-state index contributed by atoms with van der Waals surface area (Å²) in [5.74, 6) is 1.72. The van der Waals surface area contributed by atoms with Crippen molar-refractivity contribution in [3.63, 3.8) is 0 Å². The molecule has 1 saturated carbocycles. The lowest BCUT2D eigenvalue weighted by Gasteiger charge is -2.40. The maximum atomic E-state index is 11.6. The third-order valence-electron chi connectivity index (χ3n) is 3.38. The fraction of sp³-hybridized carbons (Fsp3) is 0.917. The van der Waals surface area contributed by atoms with Crippen molar-refractivity contribution >= 4 is 6.09 Å². The largest absolute Gasteiger partial charge is 0.444 e. The van der Waals surface area contributed by atoms with Gasteiger partial charge in [0.2, 0.25) is 0 Å². The van der Waals surface area contributed by atoms with Crippen molar-refractivity contribution in [3.8, 4) is 0 Å². The van der Waals surface area contributed by atoms with E-state index in [1.54, 1.807) is 4.90 Å². The number of ether oxygens (including phenoxy) is 1.